The Morgan fingerprint density at radius 3 is 0.543 bits per heavy atom. The van der Waals surface area contributed by atoms with E-state index in [9.17, 15) is 0 Å². The smallest absolute Gasteiger partial charge is 0.0646 e. The second-order valence-corrected chi connectivity index (χ2v) is 13.5. The highest BCUT2D eigenvalue weighted by Gasteiger charge is 2.18. The van der Waals surface area contributed by atoms with Crippen LogP contribution >= 0.6 is 0 Å². The van der Waals surface area contributed by atoms with Gasteiger partial charge < -0.3 is 21.3 Å². The summed E-state index contributed by atoms with van der Waals surface area (Å²) < 4.78 is 0. The van der Waals surface area contributed by atoms with Crippen LogP contribution in [0.3, 0.4) is 0 Å². The Balaban J connectivity index is 1.75. The molecule has 0 aliphatic carbocycles. The Labute approximate surface area is 276 Å². The molecule has 5 rings (SSSR count). The van der Waals surface area contributed by atoms with Gasteiger partial charge in [-0.15, -0.1) is 0 Å². The van der Waals surface area contributed by atoms with Gasteiger partial charge in [0.2, 0.25) is 0 Å². The molecule has 0 heterocycles. The normalized spacial score (nSPS) is 11.0. The molecule has 0 saturated heterocycles. The highest BCUT2D eigenvalue weighted by molar-refractivity contribution is 5.93. The van der Waals surface area contributed by atoms with Crippen molar-refractivity contribution < 1.29 is 0 Å². The largest absolute Gasteiger partial charge is 0.353 e. The number of hydrogen-bond acceptors (Lipinski definition) is 4. The van der Waals surface area contributed by atoms with E-state index in [-0.39, 0.29) is 0 Å². The fourth-order valence-electron chi connectivity index (χ4n) is 7.06. The zero-order valence-corrected chi connectivity index (χ0v) is 29.8. The molecule has 0 saturated carbocycles. The Bertz CT molecular complexity index is 1590. The molecule has 4 heteroatoms. The first-order chi connectivity index (χ1) is 21.7. The van der Waals surface area contributed by atoms with Crippen molar-refractivity contribution in [2.24, 2.45) is 0 Å². The summed E-state index contributed by atoms with van der Waals surface area (Å²) in [6.45, 7) is 26.1. The highest BCUT2D eigenvalue weighted by Crippen LogP contribution is 2.43. The average Bonchev–Trinajstić information content (AvgIpc) is 2.93. The molecule has 5 aromatic carbocycles. The topological polar surface area (TPSA) is 48.1 Å². The molecule has 0 fully saturated rings. The first-order valence-electron chi connectivity index (χ1n) is 16.3. The Morgan fingerprint density at radius 1 is 0.239 bits per heavy atom. The summed E-state index contributed by atoms with van der Waals surface area (Å²) in [5.74, 6) is 0. The number of benzene rings is 5. The molecule has 4 nitrogen and oxygen atoms in total. The molecule has 46 heavy (non-hydrogen) atoms. The predicted octanol–water partition coefficient (Wildman–Crippen LogP) is 12.4. The minimum atomic E-state index is 1.00. The van der Waals surface area contributed by atoms with Gasteiger partial charge in [-0.3, -0.25) is 0 Å². The lowest BCUT2D eigenvalue weighted by Gasteiger charge is -2.25. The molecule has 238 valence electrons. The zero-order valence-electron chi connectivity index (χ0n) is 29.8. The van der Waals surface area contributed by atoms with E-state index in [1.165, 1.54) is 66.8 Å². The van der Waals surface area contributed by atoms with Crippen LogP contribution in [0, 0.1) is 83.1 Å². The maximum absolute atomic E-state index is 3.86. The molecule has 0 amide bonds. The van der Waals surface area contributed by atoms with E-state index >= 15 is 0 Å². The Morgan fingerprint density at radius 2 is 0.391 bits per heavy atom. The molecule has 0 spiro atoms. The van der Waals surface area contributed by atoms with E-state index in [1.54, 1.807) is 0 Å². The van der Waals surface area contributed by atoms with Gasteiger partial charge in [-0.25, -0.2) is 0 Å². The van der Waals surface area contributed by atoms with Crippen LogP contribution in [0.1, 0.15) is 66.8 Å². The molecule has 0 aromatic heterocycles. The minimum absolute atomic E-state index is 1.00. The summed E-state index contributed by atoms with van der Waals surface area (Å²) in [7, 11) is 0. The van der Waals surface area contributed by atoms with Crippen molar-refractivity contribution in [1.82, 2.24) is 0 Å². The lowest BCUT2D eigenvalue weighted by molar-refractivity contribution is 1.29. The van der Waals surface area contributed by atoms with E-state index in [2.05, 4.69) is 165 Å². The molecule has 0 unspecified atom stereocenters. The molecule has 5 aromatic rings. The molecule has 0 atom stereocenters. The van der Waals surface area contributed by atoms with Crippen molar-refractivity contribution in [3.05, 3.63) is 127 Å². The van der Waals surface area contributed by atoms with Crippen molar-refractivity contribution in [3.63, 3.8) is 0 Å². The fourth-order valence-corrected chi connectivity index (χ4v) is 7.06. The molecule has 4 N–H and O–H groups in total. The van der Waals surface area contributed by atoms with Crippen molar-refractivity contribution in [2.75, 3.05) is 21.3 Å². The maximum atomic E-state index is 3.86. The van der Waals surface area contributed by atoms with Gasteiger partial charge in [0.1, 0.15) is 0 Å². The number of hydrogen-bond donors (Lipinski definition) is 4. The molecule has 0 aliphatic rings. The van der Waals surface area contributed by atoms with E-state index in [4.69, 9.17) is 0 Å². The molecule has 0 aliphatic heterocycles. The standard InChI is InChI=1S/C42H50N4/c1-23-13-27(5)39(28(6)14-23)43-35-21-37(45-41-31(9)17-25(3)18-32(41)10)38(46-42-33(11)19-26(4)20-34(42)12)22-36(35)44-40-29(7)15-24(2)16-30(40)8/h13-22,43-46H,1-12H3. The summed E-state index contributed by atoms with van der Waals surface area (Å²) in [6.07, 6.45) is 0. The van der Waals surface area contributed by atoms with Gasteiger partial charge in [0.25, 0.3) is 0 Å². The third-order valence-electron chi connectivity index (χ3n) is 8.90. The Hall–Kier alpha value is -4.70. The van der Waals surface area contributed by atoms with Crippen molar-refractivity contribution in [1.29, 1.82) is 0 Å². The highest BCUT2D eigenvalue weighted by atomic mass is 15.0. The summed E-state index contributed by atoms with van der Waals surface area (Å²) >= 11 is 0. The maximum Gasteiger partial charge on any atom is 0.0646 e. The molecule has 0 bridgehead atoms. The van der Waals surface area contributed by atoms with Crippen molar-refractivity contribution >= 4 is 45.5 Å². The van der Waals surface area contributed by atoms with Gasteiger partial charge in [0.15, 0.2) is 0 Å². The van der Waals surface area contributed by atoms with Gasteiger partial charge >= 0.3 is 0 Å². The minimum Gasteiger partial charge on any atom is -0.353 e. The van der Waals surface area contributed by atoms with Crippen LogP contribution in [-0.2, 0) is 0 Å². The van der Waals surface area contributed by atoms with Crippen LogP contribution in [0.4, 0.5) is 45.5 Å². The summed E-state index contributed by atoms with van der Waals surface area (Å²) in [5, 5.41) is 15.4. The van der Waals surface area contributed by atoms with Crippen molar-refractivity contribution in [3.8, 4) is 0 Å². The third kappa shape index (κ3) is 6.92. The number of nitrogens with one attached hydrogen (secondary N) is 4. The van der Waals surface area contributed by atoms with Gasteiger partial charge in [-0.05, 0) is 140 Å². The summed E-state index contributed by atoms with van der Waals surface area (Å²) in [5.41, 5.74) is 23.4. The van der Waals surface area contributed by atoms with E-state index in [0.29, 0.717) is 0 Å². The van der Waals surface area contributed by atoms with Crippen LogP contribution in [-0.4, -0.2) is 0 Å². The summed E-state index contributed by atoms with van der Waals surface area (Å²) in [4.78, 5) is 0. The third-order valence-corrected chi connectivity index (χ3v) is 8.90. The lowest BCUT2D eigenvalue weighted by atomic mass is 10.0. The van der Waals surface area contributed by atoms with Crippen LogP contribution in [0.5, 0.6) is 0 Å². The number of aryl methyl sites for hydroxylation is 12. The Kier molecular flexibility index (Phi) is 9.21. The molecule has 0 radical (unpaired) electrons. The monoisotopic (exact) mass is 610 g/mol. The first kappa shape index (κ1) is 32.7. The van der Waals surface area contributed by atoms with Crippen LogP contribution in [0.15, 0.2) is 60.7 Å². The SMILES string of the molecule is Cc1cc(C)c(Nc2cc(Nc3c(C)cc(C)cc3C)c(Nc3c(C)cc(C)cc3C)cc2Nc2c(C)cc(C)cc2C)c(C)c1. The fraction of sp³-hybridized carbons (Fsp3) is 0.286. The second kappa shape index (κ2) is 13.0. The molecular formula is C42H50N4. The predicted molar refractivity (Wildman–Crippen MR) is 202 cm³/mol. The van der Waals surface area contributed by atoms with Crippen molar-refractivity contribution in [2.45, 2.75) is 83.1 Å². The number of rotatable bonds is 8. The lowest BCUT2D eigenvalue weighted by Crippen LogP contribution is -2.07. The van der Waals surface area contributed by atoms with Gasteiger partial charge in [0.05, 0.1) is 22.7 Å². The number of anilines is 8. The van der Waals surface area contributed by atoms with E-state index < -0.39 is 0 Å². The van der Waals surface area contributed by atoms with E-state index in [1.807, 2.05) is 0 Å². The van der Waals surface area contributed by atoms with Crippen LogP contribution in [0.2, 0.25) is 0 Å². The average molecular weight is 611 g/mol. The summed E-state index contributed by atoms with van der Waals surface area (Å²) in [6, 6.07) is 22.5. The van der Waals surface area contributed by atoms with Gasteiger partial charge in [-0.2, -0.15) is 0 Å². The van der Waals surface area contributed by atoms with Gasteiger partial charge in [0, 0.05) is 22.7 Å². The first-order valence-corrected chi connectivity index (χ1v) is 16.3. The van der Waals surface area contributed by atoms with Crippen LogP contribution < -0.4 is 21.3 Å². The van der Waals surface area contributed by atoms with E-state index in [0.717, 1.165) is 45.5 Å². The quantitative estimate of drug-likeness (QED) is 0.141. The van der Waals surface area contributed by atoms with Gasteiger partial charge in [-0.1, -0.05) is 70.8 Å². The second-order valence-electron chi connectivity index (χ2n) is 13.5. The molecular weight excluding hydrogens is 560 g/mol. The van der Waals surface area contributed by atoms with Crippen LogP contribution in [0.25, 0.3) is 0 Å². The zero-order chi connectivity index (χ0) is 33.4.